The van der Waals surface area contributed by atoms with Crippen molar-refractivity contribution in [2.75, 3.05) is 0 Å². The van der Waals surface area contributed by atoms with Gasteiger partial charge in [-0.25, -0.2) is 9.50 Å². The molecule has 120 valence electrons. The monoisotopic (exact) mass is 330 g/mol. The van der Waals surface area contributed by atoms with Gasteiger partial charge in [0.2, 0.25) is 0 Å². The number of nitrogens with one attached hydrogen (secondary N) is 2. The van der Waals surface area contributed by atoms with Crippen molar-refractivity contribution in [3.05, 3.63) is 68.8 Å². The molecular weight excluding hydrogens is 312 g/mol. The van der Waals surface area contributed by atoms with Crippen LogP contribution >= 0.6 is 12.4 Å². The highest BCUT2D eigenvalue weighted by Gasteiger charge is 2.21. The van der Waals surface area contributed by atoms with Crippen LogP contribution in [0.2, 0.25) is 0 Å². The van der Waals surface area contributed by atoms with E-state index in [4.69, 9.17) is 0 Å². The van der Waals surface area contributed by atoms with Gasteiger partial charge in [0.25, 0.3) is 5.56 Å². The fourth-order valence-corrected chi connectivity index (χ4v) is 3.09. The molecule has 0 bridgehead atoms. The Morgan fingerprint density at radius 1 is 1.22 bits per heavy atom. The summed E-state index contributed by atoms with van der Waals surface area (Å²) in [5, 5.41) is 6.74. The fourth-order valence-electron chi connectivity index (χ4n) is 3.09. The number of aromatic amines is 1. The summed E-state index contributed by atoms with van der Waals surface area (Å²) >= 11 is 0. The number of rotatable bonds is 1. The van der Waals surface area contributed by atoms with Gasteiger partial charge in [-0.2, -0.15) is 0 Å². The van der Waals surface area contributed by atoms with Crippen molar-refractivity contribution in [2.24, 2.45) is 0 Å². The molecule has 0 unspecified atom stereocenters. The largest absolute Gasteiger partial charge is 0.304 e. The highest BCUT2D eigenvalue weighted by molar-refractivity contribution is 5.85. The average Bonchev–Trinajstić information content (AvgIpc) is 2.96. The van der Waals surface area contributed by atoms with Gasteiger partial charge in [0.1, 0.15) is 0 Å². The zero-order valence-electron chi connectivity index (χ0n) is 13.1. The Morgan fingerprint density at radius 2 is 1.96 bits per heavy atom. The molecule has 1 aromatic carbocycles. The van der Waals surface area contributed by atoms with Crippen molar-refractivity contribution in [1.29, 1.82) is 0 Å². The van der Waals surface area contributed by atoms with Gasteiger partial charge < -0.3 is 5.32 Å². The van der Waals surface area contributed by atoms with E-state index in [0.717, 1.165) is 24.4 Å². The van der Waals surface area contributed by atoms with Gasteiger partial charge >= 0.3 is 0 Å². The number of hydrogen-bond donors (Lipinski definition) is 2. The molecule has 4 rings (SSSR count). The number of nitrogens with zero attached hydrogens (tertiary/aromatic N) is 2. The Balaban J connectivity index is 0.00000156. The van der Waals surface area contributed by atoms with E-state index in [1.54, 1.807) is 4.52 Å². The lowest BCUT2D eigenvalue weighted by molar-refractivity contribution is 0.485. The molecule has 1 aliphatic heterocycles. The standard InChI is InChI=1S/C17H18N4O.ClH/c1-10-11(2)19-16-8-15(20-21(16)17(10)22)14-7-12-5-3-4-6-13(12)9-18-14;/h3-6,8,14,18,20H,7,9H2,1-2H3;1H/t14-;/m0./s1. The first-order valence-corrected chi connectivity index (χ1v) is 7.52. The fraction of sp³-hybridized carbons (Fsp3) is 0.294. The van der Waals surface area contributed by atoms with Crippen molar-refractivity contribution < 1.29 is 0 Å². The summed E-state index contributed by atoms with van der Waals surface area (Å²) in [6.45, 7) is 4.53. The molecule has 3 heterocycles. The van der Waals surface area contributed by atoms with Crippen LogP contribution in [0.1, 0.15) is 34.1 Å². The minimum absolute atomic E-state index is 0. The molecule has 5 nitrogen and oxygen atoms in total. The van der Waals surface area contributed by atoms with Gasteiger partial charge in [-0.3, -0.25) is 9.89 Å². The van der Waals surface area contributed by atoms with Crippen LogP contribution in [-0.4, -0.2) is 14.6 Å². The molecule has 0 radical (unpaired) electrons. The topological polar surface area (TPSA) is 62.2 Å². The van der Waals surface area contributed by atoms with Crippen molar-refractivity contribution in [3.63, 3.8) is 0 Å². The summed E-state index contributed by atoms with van der Waals surface area (Å²) in [5.74, 6) is 0. The molecule has 0 aliphatic carbocycles. The van der Waals surface area contributed by atoms with Crippen LogP contribution < -0.4 is 10.9 Å². The SMILES string of the molecule is Cc1nc2cc([C@@H]3Cc4ccccc4CN3)[nH]n2c(=O)c1C.Cl. The molecule has 0 saturated carbocycles. The van der Waals surface area contributed by atoms with Gasteiger partial charge in [0, 0.05) is 23.9 Å². The quantitative estimate of drug-likeness (QED) is 0.720. The molecule has 0 fully saturated rings. The Labute approximate surface area is 140 Å². The maximum Gasteiger partial charge on any atom is 0.275 e. The summed E-state index contributed by atoms with van der Waals surface area (Å²) in [7, 11) is 0. The average molecular weight is 331 g/mol. The van der Waals surface area contributed by atoms with Crippen LogP contribution in [0.5, 0.6) is 0 Å². The molecule has 0 spiro atoms. The van der Waals surface area contributed by atoms with Gasteiger partial charge in [0.15, 0.2) is 5.65 Å². The van der Waals surface area contributed by atoms with Crippen molar-refractivity contribution in [2.45, 2.75) is 32.9 Å². The molecule has 23 heavy (non-hydrogen) atoms. The predicted octanol–water partition coefficient (Wildman–Crippen LogP) is 2.45. The van der Waals surface area contributed by atoms with Gasteiger partial charge in [-0.05, 0) is 31.4 Å². The Hall–Kier alpha value is -2.11. The van der Waals surface area contributed by atoms with E-state index in [-0.39, 0.29) is 24.0 Å². The maximum absolute atomic E-state index is 12.3. The number of benzene rings is 1. The third-order valence-corrected chi connectivity index (χ3v) is 4.56. The molecule has 2 aromatic heterocycles. The second-order valence-electron chi connectivity index (χ2n) is 5.94. The van der Waals surface area contributed by atoms with E-state index < -0.39 is 0 Å². The van der Waals surface area contributed by atoms with Crippen molar-refractivity contribution in [1.82, 2.24) is 19.9 Å². The van der Waals surface area contributed by atoms with Gasteiger partial charge in [0.05, 0.1) is 11.7 Å². The van der Waals surface area contributed by atoms with Crippen LogP contribution in [0.25, 0.3) is 5.65 Å². The van der Waals surface area contributed by atoms with E-state index in [2.05, 4.69) is 39.7 Å². The zero-order chi connectivity index (χ0) is 15.3. The molecular formula is C17H19ClN4O. The Bertz CT molecular complexity index is 928. The summed E-state index contributed by atoms with van der Waals surface area (Å²) in [6.07, 6.45) is 0.912. The first kappa shape index (κ1) is 15.8. The van der Waals surface area contributed by atoms with E-state index in [1.165, 1.54) is 11.1 Å². The molecule has 0 amide bonds. The lowest BCUT2D eigenvalue weighted by atomic mass is 9.94. The first-order chi connectivity index (χ1) is 10.6. The zero-order valence-corrected chi connectivity index (χ0v) is 13.9. The van der Waals surface area contributed by atoms with Crippen molar-refractivity contribution >= 4 is 18.1 Å². The lowest BCUT2D eigenvalue weighted by Gasteiger charge is -2.25. The number of aromatic nitrogens is 3. The van der Waals surface area contributed by atoms with Crippen LogP contribution in [0, 0.1) is 13.8 Å². The van der Waals surface area contributed by atoms with E-state index in [9.17, 15) is 4.79 Å². The van der Waals surface area contributed by atoms with Crippen LogP contribution in [0.4, 0.5) is 0 Å². The summed E-state index contributed by atoms with van der Waals surface area (Å²) < 4.78 is 1.54. The minimum Gasteiger partial charge on any atom is -0.304 e. The highest BCUT2D eigenvalue weighted by atomic mass is 35.5. The number of H-pyrrole nitrogens is 1. The number of halogens is 1. The Kier molecular flexibility index (Phi) is 4.00. The van der Waals surface area contributed by atoms with Crippen LogP contribution in [-0.2, 0) is 13.0 Å². The number of hydrogen-bond acceptors (Lipinski definition) is 3. The first-order valence-electron chi connectivity index (χ1n) is 7.52. The van der Waals surface area contributed by atoms with E-state index >= 15 is 0 Å². The summed E-state index contributed by atoms with van der Waals surface area (Å²) in [5.41, 5.74) is 5.84. The second kappa shape index (κ2) is 5.83. The van der Waals surface area contributed by atoms with Crippen LogP contribution in [0.15, 0.2) is 35.1 Å². The highest BCUT2D eigenvalue weighted by Crippen LogP contribution is 2.25. The van der Waals surface area contributed by atoms with Crippen molar-refractivity contribution in [3.8, 4) is 0 Å². The molecule has 3 aromatic rings. The van der Waals surface area contributed by atoms with E-state index in [1.807, 2.05) is 19.9 Å². The molecule has 0 saturated heterocycles. The molecule has 1 atom stereocenters. The number of fused-ring (bicyclic) bond motifs is 2. The Morgan fingerprint density at radius 3 is 2.74 bits per heavy atom. The molecule has 6 heteroatoms. The molecule has 2 N–H and O–H groups in total. The second-order valence-corrected chi connectivity index (χ2v) is 5.94. The minimum atomic E-state index is -0.0232. The maximum atomic E-state index is 12.3. The lowest BCUT2D eigenvalue weighted by Crippen LogP contribution is -2.29. The third kappa shape index (κ3) is 2.56. The smallest absolute Gasteiger partial charge is 0.275 e. The predicted molar refractivity (Wildman–Crippen MR) is 92.3 cm³/mol. The normalized spacial score (nSPS) is 16.9. The number of aryl methyl sites for hydroxylation is 1. The summed E-state index contributed by atoms with van der Waals surface area (Å²) in [4.78, 5) is 16.8. The molecule has 1 aliphatic rings. The summed E-state index contributed by atoms with van der Waals surface area (Å²) in [6, 6.07) is 10.6. The van der Waals surface area contributed by atoms with E-state index in [0.29, 0.717) is 11.2 Å². The van der Waals surface area contributed by atoms with Gasteiger partial charge in [-0.1, -0.05) is 24.3 Å². The van der Waals surface area contributed by atoms with Crippen LogP contribution in [0.3, 0.4) is 0 Å². The van der Waals surface area contributed by atoms with Gasteiger partial charge in [-0.15, -0.1) is 12.4 Å². The third-order valence-electron chi connectivity index (χ3n) is 4.56.